The number of hydroxylamine groups is 1. The lowest BCUT2D eigenvalue weighted by molar-refractivity contribution is -0.115. The van der Waals surface area contributed by atoms with Crippen LogP contribution in [-0.2, 0) is 11.2 Å². The maximum atomic E-state index is 12.6. The van der Waals surface area contributed by atoms with Crippen LogP contribution < -0.4 is 10.8 Å². The first kappa shape index (κ1) is 19.4. The second-order valence-electron chi connectivity index (χ2n) is 7.13. The van der Waals surface area contributed by atoms with Gasteiger partial charge in [-0.25, -0.2) is 5.48 Å². The fourth-order valence-electron chi connectivity index (χ4n) is 3.54. The second kappa shape index (κ2) is 8.23. The highest BCUT2D eigenvalue weighted by molar-refractivity contribution is 5.98. The smallest absolute Gasteiger partial charge is 0.274 e. The molecule has 0 aliphatic rings. The zero-order valence-electron chi connectivity index (χ0n) is 16.4. The molecule has 0 spiro atoms. The third kappa shape index (κ3) is 3.94. The van der Waals surface area contributed by atoms with Crippen LogP contribution in [-0.4, -0.2) is 22.0 Å². The molecule has 0 unspecified atom stereocenters. The number of aryl methyl sites for hydroxylation is 1. The molecule has 1 aromatic heterocycles. The number of fused-ring (bicyclic) bond motifs is 1. The Bertz CT molecular complexity index is 1230. The van der Waals surface area contributed by atoms with E-state index in [9.17, 15) is 9.59 Å². The number of hydrogen-bond donors (Lipinski definition) is 4. The molecule has 0 saturated heterocycles. The van der Waals surface area contributed by atoms with Gasteiger partial charge in [0.05, 0.1) is 6.42 Å². The van der Waals surface area contributed by atoms with Crippen molar-refractivity contribution >= 4 is 28.4 Å². The van der Waals surface area contributed by atoms with Crippen LogP contribution in [0.1, 0.15) is 21.5 Å². The Kier molecular flexibility index (Phi) is 5.32. The monoisotopic (exact) mass is 399 g/mol. The van der Waals surface area contributed by atoms with Crippen LogP contribution in [0.3, 0.4) is 0 Å². The number of carbonyl (C=O) groups is 2. The van der Waals surface area contributed by atoms with Gasteiger partial charge in [-0.1, -0.05) is 30.3 Å². The maximum absolute atomic E-state index is 12.6. The summed E-state index contributed by atoms with van der Waals surface area (Å²) in [5.41, 5.74) is 7.83. The van der Waals surface area contributed by atoms with E-state index in [1.165, 1.54) is 23.3 Å². The van der Waals surface area contributed by atoms with E-state index >= 15 is 0 Å². The summed E-state index contributed by atoms with van der Waals surface area (Å²) in [6.07, 6.45) is 2.08. The van der Waals surface area contributed by atoms with Gasteiger partial charge in [-0.05, 0) is 65.6 Å². The third-order valence-corrected chi connectivity index (χ3v) is 5.11. The fourth-order valence-corrected chi connectivity index (χ4v) is 3.54. The van der Waals surface area contributed by atoms with Crippen LogP contribution in [0.15, 0.2) is 72.9 Å². The largest absolute Gasteiger partial charge is 0.361 e. The molecular formula is C24H21N3O3. The summed E-state index contributed by atoms with van der Waals surface area (Å²) < 4.78 is 0. The fraction of sp³-hybridized carbons (Fsp3) is 0.0833. The molecule has 4 rings (SSSR count). The van der Waals surface area contributed by atoms with Crippen LogP contribution in [0.4, 0.5) is 5.69 Å². The van der Waals surface area contributed by atoms with Gasteiger partial charge in [0.1, 0.15) is 0 Å². The number of anilines is 1. The topological polar surface area (TPSA) is 94.2 Å². The standard InChI is InChI=1S/C24H21N3O3/c1-15-4-2-3-5-20(15)17-8-11-22-21(12-17)18(14-25-22)13-23(28)26-19-9-6-16(7-10-19)24(29)27-30/h2-12,14,25,30H,13H2,1H3,(H,26,28)(H,27,29). The molecule has 0 bridgehead atoms. The molecular weight excluding hydrogens is 378 g/mol. The van der Waals surface area contributed by atoms with E-state index in [0.717, 1.165) is 22.0 Å². The van der Waals surface area contributed by atoms with E-state index in [1.54, 1.807) is 17.6 Å². The lowest BCUT2D eigenvalue weighted by Gasteiger charge is -2.08. The van der Waals surface area contributed by atoms with Crippen molar-refractivity contribution in [2.45, 2.75) is 13.3 Å². The Hall–Kier alpha value is -3.90. The number of nitrogens with one attached hydrogen (secondary N) is 3. The first-order chi connectivity index (χ1) is 14.5. The van der Waals surface area contributed by atoms with Gasteiger partial charge in [-0.15, -0.1) is 0 Å². The predicted octanol–water partition coefficient (Wildman–Crippen LogP) is 4.44. The SMILES string of the molecule is Cc1ccccc1-c1ccc2[nH]cc(CC(=O)Nc3ccc(C(=O)NO)cc3)c2c1. The van der Waals surface area contributed by atoms with E-state index in [4.69, 9.17) is 5.21 Å². The van der Waals surface area contributed by atoms with E-state index in [-0.39, 0.29) is 12.3 Å². The number of rotatable bonds is 5. The van der Waals surface area contributed by atoms with Gasteiger partial charge < -0.3 is 10.3 Å². The van der Waals surface area contributed by atoms with Crippen molar-refractivity contribution in [3.05, 3.63) is 89.6 Å². The van der Waals surface area contributed by atoms with Crippen molar-refractivity contribution in [1.29, 1.82) is 0 Å². The van der Waals surface area contributed by atoms with Crippen molar-refractivity contribution in [2.24, 2.45) is 0 Å². The van der Waals surface area contributed by atoms with Crippen LogP contribution in [0, 0.1) is 6.92 Å². The summed E-state index contributed by atoms with van der Waals surface area (Å²) in [7, 11) is 0. The van der Waals surface area contributed by atoms with Crippen molar-refractivity contribution in [1.82, 2.24) is 10.5 Å². The van der Waals surface area contributed by atoms with Gasteiger partial charge in [-0.3, -0.25) is 14.8 Å². The highest BCUT2D eigenvalue weighted by Gasteiger charge is 2.12. The first-order valence-electron chi connectivity index (χ1n) is 9.55. The number of hydrogen-bond acceptors (Lipinski definition) is 3. The minimum Gasteiger partial charge on any atom is -0.361 e. The highest BCUT2D eigenvalue weighted by atomic mass is 16.5. The lowest BCUT2D eigenvalue weighted by atomic mass is 9.98. The minimum absolute atomic E-state index is 0.156. The van der Waals surface area contributed by atoms with Gasteiger partial charge in [0, 0.05) is 28.4 Å². The summed E-state index contributed by atoms with van der Waals surface area (Å²) in [5, 5.41) is 12.5. The number of aromatic amines is 1. The van der Waals surface area contributed by atoms with Crippen molar-refractivity contribution in [3.63, 3.8) is 0 Å². The molecule has 1 heterocycles. The van der Waals surface area contributed by atoms with E-state index in [2.05, 4.69) is 41.5 Å². The summed E-state index contributed by atoms with van der Waals surface area (Å²) in [6, 6.07) is 20.7. The molecule has 4 N–H and O–H groups in total. The molecule has 6 nitrogen and oxygen atoms in total. The summed E-state index contributed by atoms with van der Waals surface area (Å²) in [6.45, 7) is 2.08. The summed E-state index contributed by atoms with van der Waals surface area (Å²) in [5.74, 6) is -0.757. The number of aromatic nitrogens is 1. The molecule has 0 aliphatic carbocycles. The van der Waals surface area contributed by atoms with Crippen LogP contribution in [0.2, 0.25) is 0 Å². The number of benzene rings is 3. The van der Waals surface area contributed by atoms with Crippen LogP contribution in [0.25, 0.3) is 22.0 Å². The second-order valence-corrected chi connectivity index (χ2v) is 7.13. The zero-order valence-corrected chi connectivity index (χ0v) is 16.4. The van der Waals surface area contributed by atoms with Gasteiger partial charge in [0.25, 0.3) is 5.91 Å². The molecule has 4 aromatic rings. The molecule has 30 heavy (non-hydrogen) atoms. The molecule has 0 radical (unpaired) electrons. The van der Waals surface area contributed by atoms with Crippen LogP contribution >= 0.6 is 0 Å². The summed E-state index contributed by atoms with van der Waals surface area (Å²) in [4.78, 5) is 27.2. The maximum Gasteiger partial charge on any atom is 0.274 e. The number of carbonyl (C=O) groups excluding carboxylic acids is 2. The number of H-pyrrole nitrogens is 1. The lowest BCUT2D eigenvalue weighted by Crippen LogP contribution is -2.18. The molecule has 6 heteroatoms. The average Bonchev–Trinajstić information content (AvgIpc) is 3.16. The highest BCUT2D eigenvalue weighted by Crippen LogP contribution is 2.28. The molecule has 0 aliphatic heterocycles. The Balaban J connectivity index is 1.53. The Labute approximate surface area is 173 Å². The molecule has 0 saturated carbocycles. The van der Waals surface area contributed by atoms with Gasteiger partial charge in [0.15, 0.2) is 0 Å². The zero-order chi connectivity index (χ0) is 21.1. The van der Waals surface area contributed by atoms with Crippen molar-refractivity contribution < 1.29 is 14.8 Å². The van der Waals surface area contributed by atoms with Gasteiger partial charge in [-0.2, -0.15) is 0 Å². The van der Waals surface area contributed by atoms with E-state index < -0.39 is 5.91 Å². The first-order valence-corrected chi connectivity index (χ1v) is 9.55. The van der Waals surface area contributed by atoms with Crippen molar-refractivity contribution in [2.75, 3.05) is 5.32 Å². The normalized spacial score (nSPS) is 10.7. The molecule has 0 fully saturated rings. The number of amides is 2. The quantitative estimate of drug-likeness (QED) is 0.295. The molecule has 0 atom stereocenters. The van der Waals surface area contributed by atoms with Crippen molar-refractivity contribution in [3.8, 4) is 11.1 Å². The molecule has 150 valence electrons. The Morgan fingerprint density at radius 3 is 2.50 bits per heavy atom. The predicted molar refractivity (Wildman–Crippen MR) is 117 cm³/mol. The van der Waals surface area contributed by atoms with Gasteiger partial charge >= 0.3 is 0 Å². The van der Waals surface area contributed by atoms with Gasteiger partial charge in [0.2, 0.25) is 5.91 Å². The van der Waals surface area contributed by atoms with E-state index in [1.807, 2.05) is 24.4 Å². The third-order valence-electron chi connectivity index (χ3n) is 5.11. The van der Waals surface area contributed by atoms with E-state index in [0.29, 0.717) is 11.3 Å². The molecule has 2 amide bonds. The molecule has 3 aromatic carbocycles. The Morgan fingerprint density at radius 1 is 1.00 bits per heavy atom. The van der Waals surface area contributed by atoms with Crippen LogP contribution in [0.5, 0.6) is 0 Å². The minimum atomic E-state index is -0.601. The Morgan fingerprint density at radius 2 is 1.77 bits per heavy atom. The average molecular weight is 399 g/mol. The summed E-state index contributed by atoms with van der Waals surface area (Å²) >= 11 is 0.